The van der Waals surface area contributed by atoms with Crippen LogP contribution in [0.1, 0.15) is 5.56 Å². The summed E-state index contributed by atoms with van der Waals surface area (Å²) in [7, 11) is -2.19. The number of sulfonamides is 1. The zero-order valence-corrected chi connectivity index (χ0v) is 20.8. The topological polar surface area (TPSA) is 101 Å². The second-order valence-electron chi connectivity index (χ2n) is 8.42. The number of benzene rings is 1. The lowest BCUT2D eigenvalue weighted by Crippen LogP contribution is -2.43. The third kappa shape index (κ3) is 4.74. The van der Waals surface area contributed by atoms with Gasteiger partial charge in [-0.1, -0.05) is 29.4 Å². The summed E-state index contributed by atoms with van der Waals surface area (Å²) in [5, 5.41) is 5.06. The molecule has 2 unspecified atom stereocenters. The van der Waals surface area contributed by atoms with Crippen molar-refractivity contribution in [2.75, 3.05) is 54.4 Å². The normalized spacial score (nSPS) is 23.8. The summed E-state index contributed by atoms with van der Waals surface area (Å²) in [6.45, 7) is 3.54. The van der Waals surface area contributed by atoms with Gasteiger partial charge in [0.2, 0.25) is 0 Å². The molecule has 2 aromatic rings. The maximum absolute atomic E-state index is 13.1. The molecule has 11 heteroatoms. The van der Waals surface area contributed by atoms with Crippen molar-refractivity contribution >= 4 is 49.4 Å². The first-order valence-electron chi connectivity index (χ1n) is 11.0. The first kappa shape index (κ1) is 23.0. The van der Waals surface area contributed by atoms with Crippen molar-refractivity contribution in [1.82, 2.24) is 9.88 Å². The fourth-order valence-corrected chi connectivity index (χ4v) is 7.92. The molecule has 33 heavy (non-hydrogen) atoms. The van der Waals surface area contributed by atoms with E-state index in [1.54, 1.807) is 19.2 Å². The molecule has 8 nitrogen and oxygen atoms in total. The Labute approximate surface area is 202 Å². The largest absolute Gasteiger partial charge is 0.616 e. The Balaban J connectivity index is 1.27. The molecule has 0 saturated carbocycles. The Morgan fingerprint density at radius 3 is 2.82 bits per heavy atom. The second-order valence-corrected chi connectivity index (χ2v) is 13.4. The highest BCUT2D eigenvalue weighted by Crippen LogP contribution is 2.39. The van der Waals surface area contributed by atoms with E-state index < -0.39 is 21.2 Å². The van der Waals surface area contributed by atoms with Crippen molar-refractivity contribution in [1.29, 1.82) is 0 Å². The molecule has 4 heterocycles. The minimum Gasteiger partial charge on any atom is -0.616 e. The maximum atomic E-state index is 13.1. The number of hydrogen-bond donors (Lipinski definition) is 1. The van der Waals surface area contributed by atoms with Gasteiger partial charge in [-0.3, -0.25) is 14.2 Å². The third-order valence-corrected chi connectivity index (χ3v) is 10.5. The number of rotatable bonds is 6. The number of aliphatic imine (C=N–C) groups is 1. The Morgan fingerprint density at radius 1 is 1.24 bits per heavy atom. The van der Waals surface area contributed by atoms with Gasteiger partial charge in [-0.25, -0.2) is 4.98 Å². The van der Waals surface area contributed by atoms with E-state index in [1.807, 2.05) is 30.0 Å². The average Bonchev–Trinajstić information content (AvgIpc) is 3.47. The van der Waals surface area contributed by atoms with Crippen LogP contribution >= 0.6 is 11.8 Å². The van der Waals surface area contributed by atoms with Crippen LogP contribution in [0.2, 0.25) is 0 Å². The fraction of sp³-hybridized carbons (Fsp3) is 0.455. The summed E-state index contributed by atoms with van der Waals surface area (Å²) < 4.78 is 39.1. The second kappa shape index (κ2) is 9.46. The number of nitrogens with zero attached hydrogens (tertiary/aromatic N) is 4. The maximum Gasteiger partial charge on any atom is 0.281 e. The van der Waals surface area contributed by atoms with Gasteiger partial charge in [-0.05, 0) is 23.8 Å². The van der Waals surface area contributed by atoms with E-state index in [2.05, 4.69) is 15.2 Å². The highest BCUT2D eigenvalue weighted by atomic mass is 32.2. The third-order valence-electron chi connectivity index (χ3n) is 6.24. The number of pyridine rings is 1. The summed E-state index contributed by atoms with van der Waals surface area (Å²) in [5.74, 6) is 1.53. The Morgan fingerprint density at radius 2 is 2.06 bits per heavy atom. The van der Waals surface area contributed by atoms with Crippen LogP contribution in [0.3, 0.4) is 0 Å². The number of nitrogens with one attached hydrogen (secondary N) is 1. The molecule has 176 valence electrons. The molecule has 1 aromatic carbocycles. The Hall–Kier alpha value is -1.79. The van der Waals surface area contributed by atoms with E-state index in [9.17, 15) is 13.0 Å². The summed E-state index contributed by atoms with van der Waals surface area (Å²) in [5.41, 5.74) is 2.54. The van der Waals surface area contributed by atoms with Crippen LogP contribution in [0.5, 0.6) is 0 Å². The minimum atomic E-state index is -3.76. The summed E-state index contributed by atoms with van der Waals surface area (Å²) >= 11 is 1.16. The van der Waals surface area contributed by atoms with Gasteiger partial charge in [0.15, 0.2) is 5.03 Å². The first-order valence-corrected chi connectivity index (χ1v) is 14.8. The SMILES string of the molecule is CN(c1cccc2c1NC(C1=NCC(CN3CC[S+]([O-])CC3)S1)C2)S(=O)(=O)c1ccccn1. The van der Waals surface area contributed by atoms with Crippen molar-refractivity contribution in [3.05, 3.63) is 48.2 Å². The molecule has 3 aliphatic rings. The standard InChI is InChI=1S/C22H27N5O3S3/c1-26(33(29,30)20-7-2-3-8-23-20)19-6-4-5-16-13-18(25-21(16)19)22-24-14-17(31-22)15-27-9-11-32(28)12-10-27/h2-8,17-18,25H,9-15H2,1H3. The summed E-state index contributed by atoms with van der Waals surface area (Å²) in [6.07, 6.45) is 2.27. The molecular formula is C22H27N5O3S3. The molecule has 0 amide bonds. The number of para-hydroxylation sites is 1. The number of thioether (sulfide) groups is 1. The van der Waals surface area contributed by atoms with Gasteiger partial charge < -0.3 is 9.87 Å². The Bertz CT molecular complexity index is 1140. The van der Waals surface area contributed by atoms with Crippen LogP contribution in [0.15, 0.2) is 52.6 Å². The molecular weight excluding hydrogens is 478 g/mol. The van der Waals surface area contributed by atoms with Gasteiger partial charge in [-0.15, -0.1) is 11.8 Å². The van der Waals surface area contributed by atoms with Crippen LogP contribution in [-0.4, -0.2) is 83.9 Å². The van der Waals surface area contributed by atoms with Crippen molar-refractivity contribution in [2.45, 2.75) is 22.7 Å². The molecule has 3 aliphatic heterocycles. The molecule has 1 fully saturated rings. The smallest absolute Gasteiger partial charge is 0.281 e. The van der Waals surface area contributed by atoms with E-state index in [4.69, 9.17) is 4.99 Å². The van der Waals surface area contributed by atoms with Gasteiger partial charge >= 0.3 is 0 Å². The molecule has 1 N–H and O–H groups in total. The van der Waals surface area contributed by atoms with Crippen molar-refractivity contribution in [3.8, 4) is 0 Å². The zero-order valence-electron chi connectivity index (χ0n) is 18.4. The quantitative estimate of drug-likeness (QED) is 0.598. The van der Waals surface area contributed by atoms with Crippen molar-refractivity contribution < 1.29 is 13.0 Å². The highest BCUT2D eigenvalue weighted by Gasteiger charge is 2.35. The number of hydrogen-bond acceptors (Lipinski definition) is 8. The molecule has 0 bridgehead atoms. The first-order chi connectivity index (χ1) is 15.9. The molecule has 0 aliphatic carbocycles. The van der Waals surface area contributed by atoms with Crippen molar-refractivity contribution in [3.63, 3.8) is 0 Å². The molecule has 1 saturated heterocycles. The van der Waals surface area contributed by atoms with Crippen LogP contribution in [0.4, 0.5) is 11.4 Å². The van der Waals surface area contributed by atoms with Gasteiger partial charge in [0.05, 0.1) is 29.0 Å². The molecule has 0 spiro atoms. The monoisotopic (exact) mass is 505 g/mol. The Kier molecular flexibility index (Phi) is 6.58. The van der Waals surface area contributed by atoms with E-state index in [0.29, 0.717) is 10.9 Å². The van der Waals surface area contributed by atoms with E-state index in [-0.39, 0.29) is 11.1 Å². The number of aromatic nitrogens is 1. The highest BCUT2D eigenvalue weighted by molar-refractivity contribution is 8.15. The molecule has 1 aromatic heterocycles. The molecule has 0 radical (unpaired) electrons. The minimum absolute atomic E-state index is 0.0276. The zero-order chi connectivity index (χ0) is 23.0. The van der Waals surface area contributed by atoms with E-state index >= 15 is 0 Å². The van der Waals surface area contributed by atoms with Crippen LogP contribution in [0, 0.1) is 0 Å². The lowest BCUT2D eigenvalue weighted by atomic mass is 10.1. The van der Waals surface area contributed by atoms with Gasteiger partial charge in [0.25, 0.3) is 10.0 Å². The lowest BCUT2D eigenvalue weighted by Gasteiger charge is -2.29. The number of anilines is 2. The summed E-state index contributed by atoms with van der Waals surface area (Å²) in [6, 6.07) is 10.7. The fourth-order valence-electron chi connectivity index (χ4n) is 4.42. The number of fused-ring (bicyclic) bond motifs is 1. The predicted octanol–water partition coefficient (Wildman–Crippen LogP) is 1.82. The van der Waals surface area contributed by atoms with Crippen LogP contribution in [-0.2, 0) is 27.6 Å². The van der Waals surface area contributed by atoms with Crippen LogP contribution in [0.25, 0.3) is 0 Å². The molecule has 5 rings (SSSR count). The van der Waals surface area contributed by atoms with Gasteiger partial charge in [-0.2, -0.15) is 8.42 Å². The van der Waals surface area contributed by atoms with E-state index in [1.165, 1.54) is 16.6 Å². The predicted molar refractivity (Wildman–Crippen MR) is 135 cm³/mol. The summed E-state index contributed by atoms with van der Waals surface area (Å²) in [4.78, 5) is 11.3. The average molecular weight is 506 g/mol. The van der Waals surface area contributed by atoms with E-state index in [0.717, 1.165) is 60.4 Å². The van der Waals surface area contributed by atoms with Gasteiger partial charge in [0, 0.05) is 44.5 Å². The lowest BCUT2D eigenvalue weighted by molar-refractivity contribution is 0.298. The van der Waals surface area contributed by atoms with Crippen LogP contribution < -0.4 is 9.62 Å². The van der Waals surface area contributed by atoms with Crippen molar-refractivity contribution in [2.24, 2.45) is 4.99 Å². The molecule has 2 atom stereocenters. The van der Waals surface area contributed by atoms with Gasteiger partial charge in [0.1, 0.15) is 11.5 Å².